The molecule has 0 spiro atoms. The van der Waals surface area contributed by atoms with Gasteiger partial charge in [-0.1, -0.05) is 11.8 Å². The van der Waals surface area contributed by atoms with Crippen molar-refractivity contribution < 1.29 is 4.21 Å². The van der Waals surface area contributed by atoms with Crippen LogP contribution in [0.25, 0.3) is 0 Å². The maximum Gasteiger partial charge on any atom is 0.156 e. The number of hydrogen-bond acceptors (Lipinski definition) is 3. The highest BCUT2D eigenvalue weighted by molar-refractivity contribution is 8.14. The second-order valence-corrected chi connectivity index (χ2v) is 5.38. The summed E-state index contributed by atoms with van der Waals surface area (Å²) in [6.07, 6.45) is 1.71. The third-order valence-electron chi connectivity index (χ3n) is 1.47. The van der Waals surface area contributed by atoms with E-state index >= 15 is 0 Å². The highest BCUT2D eigenvalue weighted by Gasteiger charge is 2.14. The van der Waals surface area contributed by atoms with Crippen LogP contribution in [-0.2, 0) is 10.8 Å². The van der Waals surface area contributed by atoms with E-state index in [1.807, 2.05) is 0 Å². The van der Waals surface area contributed by atoms with Gasteiger partial charge in [0.1, 0.15) is 0 Å². The van der Waals surface area contributed by atoms with Crippen LogP contribution in [-0.4, -0.2) is 39.7 Å². The highest BCUT2D eigenvalue weighted by Crippen LogP contribution is 2.12. The molecule has 1 N–H and O–H groups in total. The standard InChI is InChI=1S/C7H14N2OS2/c1-6-5-11-7(9-6)8-3-4-12(2)10/h6H,3-5H2,1-2H3,(H,8,9). The first-order valence-electron chi connectivity index (χ1n) is 3.92. The van der Waals surface area contributed by atoms with Crippen LogP contribution in [0.4, 0.5) is 0 Å². The number of rotatable bonds is 3. The van der Waals surface area contributed by atoms with Crippen molar-refractivity contribution >= 4 is 27.7 Å². The minimum atomic E-state index is -0.718. The van der Waals surface area contributed by atoms with Gasteiger partial charge in [0.15, 0.2) is 5.17 Å². The van der Waals surface area contributed by atoms with E-state index in [0.717, 1.165) is 10.9 Å². The van der Waals surface area contributed by atoms with E-state index in [1.54, 1.807) is 18.0 Å². The van der Waals surface area contributed by atoms with E-state index < -0.39 is 10.8 Å². The van der Waals surface area contributed by atoms with E-state index in [0.29, 0.717) is 18.3 Å². The number of aliphatic imine (C=N–C) groups is 1. The Kier molecular flexibility index (Phi) is 4.08. The van der Waals surface area contributed by atoms with E-state index in [9.17, 15) is 4.21 Å². The smallest absolute Gasteiger partial charge is 0.156 e. The maximum atomic E-state index is 10.7. The lowest BCUT2D eigenvalue weighted by atomic mass is 10.4. The van der Waals surface area contributed by atoms with Gasteiger partial charge in [-0.2, -0.15) is 0 Å². The zero-order chi connectivity index (χ0) is 8.97. The van der Waals surface area contributed by atoms with Crippen molar-refractivity contribution in [1.82, 2.24) is 5.32 Å². The van der Waals surface area contributed by atoms with Gasteiger partial charge in [-0.15, -0.1) is 0 Å². The van der Waals surface area contributed by atoms with Gasteiger partial charge in [0.05, 0.1) is 6.54 Å². The molecule has 1 fully saturated rings. The molecule has 12 heavy (non-hydrogen) atoms. The van der Waals surface area contributed by atoms with Gasteiger partial charge in [-0.3, -0.25) is 9.20 Å². The Morgan fingerprint density at radius 1 is 1.83 bits per heavy atom. The molecule has 70 valence electrons. The molecule has 2 unspecified atom stereocenters. The van der Waals surface area contributed by atoms with Crippen LogP contribution in [0.1, 0.15) is 6.92 Å². The Bertz CT molecular complexity index is 206. The Morgan fingerprint density at radius 3 is 3.08 bits per heavy atom. The highest BCUT2D eigenvalue weighted by atomic mass is 32.2. The molecule has 0 aliphatic carbocycles. The fraction of sp³-hybridized carbons (Fsp3) is 0.857. The number of thioether (sulfide) groups is 1. The SMILES string of the molecule is CC1CSC(=NCCS(C)=O)N1. The van der Waals surface area contributed by atoms with Crippen LogP contribution in [0.3, 0.4) is 0 Å². The van der Waals surface area contributed by atoms with E-state index in [4.69, 9.17) is 0 Å². The summed E-state index contributed by atoms with van der Waals surface area (Å²) in [6, 6.07) is 0.529. The second-order valence-electron chi connectivity index (χ2n) is 2.82. The van der Waals surface area contributed by atoms with Crippen LogP contribution < -0.4 is 5.32 Å². The van der Waals surface area contributed by atoms with Crippen molar-refractivity contribution in [3.63, 3.8) is 0 Å². The van der Waals surface area contributed by atoms with Crippen LogP contribution in [0.5, 0.6) is 0 Å². The quantitative estimate of drug-likeness (QED) is 0.729. The van der Waals surface area contributed by atoms with Gasteiger partial charge in [0.25, 0.3) is 0 Å². The number of nitrogens with one attached hydrogen (secondary N) is 1. The van der Waals surface area contributed by atoms with Crippen molar-refractivity contribution in [2.45, 2.75) is 13.0 Å². The Morgan fingerprint density at radius 2 is 2.58 bits per heavy atom. The van der Waals surface area contributed by atoms with Crippen LogP contribution in [0.15, 0.2) is 4.99 Å². The summed E-state index contributed by atoms with van der Waals surface area (Å²) < 4.78 is 10.7. The number of nitrogens with zero attached hydrogens (tertiary/aromatic N) is 1. The van der Waals surface area contributed by atoms with Crippen LogP contribution in [0.2, 0.25) is 0 Å². The Balaban J connectivity index is 2.23. The second kappa shape index (κ2) is 4.87. The number of amidine groups is 1. The molecule has 3 nitrogen and oxygen atoms in total. The predicted octanol–water partition coefficient (Wildman–Crippen LogP) is 0.446. The van der Waals surface area contributed by atoms with Crippen molar-refractivity contribution in [1.29, 1.82) is 0 Å². The molecule has 0 saturated carbocycles. The molecular weight excluding hydrogens is 192 g/mol. The monoisotopic (exact) mass is 206 g/mol. The fourth-order valence-corrected chi connectivity index (χ4v) is 2.17. The van der Waals surface area contributed by atoms with Gasteiger partial charge in [-0.05, 0) is 6.92 Å². The van der Waals surface area contributed by atoms with E-state index in [-0.39, 0.29) is 0 Å². The number of hydrogen-bond donors (Lipinski definition) is 1. The molecule has 0 aromatic heterocycles. The minimum absolute atomic E-state index is 0.529. The molecule has 1 rings (SSSR count). The lowest BCUT2D eigenvalue weighted by molar-refractivity contribution is 0.686. The molecule has 1 aliphatic heterocycles. The van der Waals surface area contributed by atoms with Crippen molar-refractivity contribution in [2.24, 2.45) is 4.99 Å². The lowest BCUT2D eigenvalue weighted by Gasteiger charge is -1.99. The third-order valence-corrected chi connectivity index (χ3v) is 3.42. The molecule has 0 aromatic carbocycles. The van der Waals surface area contributed by atoms with Crippen LogP contribution in [0, 0.1) is 0 Å². The zero-order valence-electron chi connectivity index (χ0n) is 7.37. The molecule has 0 radical (unpaired) electrons. The summed E-state index contributed by atoms with van der Waals surface area (Å²) in [6.45, 7) is 2.80. The molecule has 0 amide bonds. The summed E-state index contributed by atoms with van der Waals surface area (Å²) in [5.41, 5.74) is 0. The first-order valence-corrected chi connectivity index (χ1v) is 6.63. The topological polar surface area (TPSA) is 41.5 Å². The molecule has 1 saturated heterocycles. The minimum Gasteiger partial charge on any atom is -0.362 e. The summed E-state index contributed by atoms with van der Waals surface area (Å²) in [4.78, 5) is 4.29. The van der Waals surface area contributed by atoms with E-state index in [1.165, 1.54) is 0 Å². The summed E-state index contributed by atoms with van der Waals surface area (Å²) >= 11 is 1.74. The summed E-state index contributed by atoms with van der Waals surface area (Å²) in [7, 11) is -0.718. The normalized spacial score (nSPS) is 28.8. The average Bonchev–Trinajstić information content (AvgIpc) is 2.35. The van der Waals surface area contributed by atoms with Gasteiger partial charge in [-0.25, -0.2) is 0 Å². The first kappa shape index (κ1) is 10.1. The summed E-state index contributed by atoms with van der Waals surface area (Å²) in [5.74, 6) is 1.76. The molecule has 1 aliphatic rings. The summed E-state index contributed by atoms with van der Waals surface area (Å²) in [5, 5.41) is 4.25. The van der Waals surface area contributed by atoms with Gasteiger partial charge in [0, 0.05) is 34.6 Å². The Labute approximate surface area is 79.9 Å². The van der Waals surface area contributed by atoms with Gasteiger partial charge >= 0.3 is 0 Å². The van der Waals surface area contributed by atoms with Crippen molar-refractivity contribution in [2.75, 3.05) is 24.3 Å². The molecule has 5 heteroatoms. The molecule has 2 atom stereocenters. The molecular formula is C7H14N2OS2. The van der Waals surface area contributed by atoms with Gasteiger partial charge in [0.2, 0.25) is 0 Å². The fourth-order valence-electron chi connectivity index (χ4n) is 0.865. The zero-order valence-corrected chi connectivity index (χ0v) is 9.00. The molecule has 0 aromatic rings. The molecule has 1 heterocycles. The Hall–Kier alpha value is -0.0300. The first-order chi connectivity index (χ1) is 5.68. The maximum absolute atomic E-state index is 10.7. The largest absolute Gasteiger partial charge is 0.362 e. The lowest BCUT2D eigenvalue weighted by Crippen LogP contribution is -2.23. The van der Waals surface area contributed by atoms with Gasteiger partial charge < -0.3 is 5.32 Å². The third kappa shape index (κ3) is 3.58. The van der Waals surface area contributed by atoms with Crippen LogP contribution >= 0.6 is 11.8 Å². The van der Waals surface area contributed by atoms with E-state index in [2.05, 4.69) is 17.2 Å². The predicted molar refractivity (Wildman–Crippen MR) is 56.3 cm³/mol. The van der Waals surface area contributed by atoms with Crippen molar-refractivity contribution in [3.05, 3.63) is 0 Å². The van der Waals surface area contributed by atoms with Crippen molar-refractivity contribution in [3.8, 4) is 0 Å². The average molecular weight is 206 g/mol. The molecule has 0 bridgehead atoms.